The maximum atomic E-state index is 12.3. The lowest BCUT2D eigenvalue weighted by atomic mass is 10.1. The molecule has 0 amide bonds. The van der Waals surface area contributed by atoms with Gasteiger partial charge in [-0.15, -0.1) is 0 Å². The van der Waals surface area contributed by atoms with E-state index in [1.807, 2.05) is 54.6 Å². The number of para-hydroxylation sites is 2. The number of hydrogen-bond acceptors (Lipinski definition) is 4. The Kier molecular flexibility index (Phi) is 4.90. The summed E-state index contributed by atoms with van der Waals surface area (Å²) in [5.74, 6) is 0.914. The molecule has 140 valence electrons. The van der Waals surface area contributed by atoms with Gasteiger partial charge in [0.15, 0.2) is 0 Å². The zero-order valence-corrected chi connectivity index (χ0v) is 16.6. The largest absolute Gasteiger partial charge is 0.456 e. The fourth-order valence-corrected chi connectivity index (χ4v) is 3.41. The first-order valence-electron chi connectivity index (χ1n) is 8.66. The number of fused-ring (bicyclic) bond motifs is 1. The van der Waals surface area contributed by atoms with Crippen LogP contribution in [-0.4, -0.2) is 9.55 Å². The van der Waals surface area contributed by atoms with Gasteiger partial charge in [-0.25, -0.2) is 4.79 Å². The number of nitrogens with zero attached hydrogens (tertiary/aromatic N) is 3. The minimum atomic E-state index is -0.183. The molecule has 0 saturated carbocycles. The highest BCUT2D eigenvalue weighted by molar-refractivity contribution is 9.10. The molecule has 7 heteroatoms. The summed E-state index contributed by atoms with van der Waals surface area (Å²) >= 11 is 3.46. The number of nitriles is 2. The molecule has 1 aromatic heterocycles. The third-order valence-electron chi connectivity index (χ3n) is 4.41. The van der Waals surface area contributed by atoms with Crippen molar-refractivity contribution < 1.29 is 4.74 Å². The first-order valence-corrected chi connectivity index (χ1v) is 9.46. The van der Waals surface area contributed by atoms with Crippen LogP contribution in [0.15, 0.2) is 69.9 Å². The molecular weight excluding hydrogens is 432 g/mol. The molecule has 6 nitrogen and oxygen atoms in total. The number of imidazole rings is 1. The van der Waals surface area contributed by atoms with Gasteiger partial charge in [-0.1, -0.05) is 18.2 Å². The van der Waals surface area contributed by atoms with E-state index >= 15 is 0 Å². The van der Waals surface area contributed by atoms with E-state index in [1.165, 1.54) is 6.07 Å². The van der Waals surface area contributed by atoms with Crippen LogP contribution in [0.25, 0.3) is 11.0 Å². The maximum Gasteiger partial charge on any atom is 0.326 e. The second-order valence-electron chi connectivity index (χ2n) is 6.37. The van der Waals surface area contributed by atoms with Gasteiger partial charge in [0.05, 0.1) is 45.3 Å². The van der Waals surface area contributed by atoms with Gasteiger partial charge in [0.1, 0.15) is 11.5 Å². The second-order valence-corrected chi connectivity index (χ2v) is 7.22. The lowest BCUT2D eigenvalue weighted by Crippen LogP contribution is -2.17. The van der Waals surface area contributed by atoms with Crippen molar-refractivity contribution in [3.63, 3.8) is 0 Å². The first-order chi connectivity index (χ1) is 14.1. The van der Waals surface area contributed by atoms with E-state index in [0.717, 1.165) is 16.6 Å². The molecule has 0 atom stereocenters. The quantitative estimate of drug-likeness (QED) is 0.494. The molecule has 4 rings (SSSR count). The SMILES string of the molecule is N#Cc1cc(C#N)cc(Oc2cc(Cn3c(=O)[nH]c4ccccc43)ccc2Br)c1. The third-order valence-corrected chi connectivity index (χ3v) is 5.07. The van der Waals surface area contributed by atoms with Crippen LogP contribution in [0, 0.1) is 22.7 Å². The molecule has 0 saturated heterocycles. The van der Waals surface area contributed by atoms with Crippen LogP contribution in [0.5, 0.6) is 11.5 Å². The molecule has 0 aliphatic rings. The summed E-state index contributed by atoms with van der Waals surface area (Å²) in [6, 6.07) is 21.8. The normalized spacial score (nSPS) is 10.4. The number of aromatic amines is 1. The van der Waals surface area contributed by atoms with E-state index in [9.17, 15) is 4.79 Å². The third kappa shape index (κ3) is 3.77. The maximum absolute atomic E-state index is 12.3. The van der Waals surface area contributed by atoms with Gasteiger partial charge in [0, 0.05) is 0 Å². The van der Waals surface area contributed by atoms with E-state index in [1.54, 1.807) is 16.7 Å². The van der Waals surface area contributed by atoms with Crippen molar-refractivity contribution in [2.45, 2.75) is 6.54 Å². The molecule has 3 aromatic carbocycles. The van der Waals surface area contributed by atoms with Crippen LogP contribution < -0.4 is 10.4 Å². The summed E-state index contributed by atoms with van der Waals surface area (Å²) in [6.45, 7) is 0.369. The summed E-state index contributed by atoms with van der Waals surface area (Å²) in [6.07, 6.45) is 0. The van der Waals surface area contributed by atoms with Crippen molar-refractivity contribution >= 4 is 27.0 Å². The standard InChI is InChI=1S/C22H13BrN4O2/c23-18-6-5-14(13-27-20-4-2-1-3-19(20)26-22(27)28)10-21(18)29-17-8-15(11-24)7-16(9-17)12-25/h1-10H,13H2,(H,26,28). The van der Waals surface area contributed by atoms with Gasteiger partial charge in [0.2, 0.25) is 0 Å². The minimum absolute atomic E-state index is 0.183. The van der Waals surface area contributed by atoms with Crippen molar-refractivity contribution in [1.29, 1.82) is 10.5 Å². The average molecular weight is 445 g/mol. The zero-order valence-electron chi connectivity index (χ0n) is 15.0. The molecule has 0 fully saturated rings. The van der Waals surface area contributed by atoms with Crippen molar-refractivity contribution in [1.82, 2.24) is 9.55 Å². The number of benzene rings is 3. The lowest BCUT2D eigenvalue weighted by Gasteiger charge is -2.11. The van der Waals surface area contributed by atoms with Gasteiger partial charge in [0.25, 0.3) is 0 Å². The van der Waals surface area contributed by atoms with Gasteiger partial charge < -0.3 is 9.72 Å². The Morgan fingerprint density at radius 3 is 2.45 bits per heavy atom. The van der Waals surface area contributed by atoms with Gasteiger partial charge in [-0.05, 0) is 64.0 Å². The van der Waals surface area contributed by atoms with Crippen LogP contribution in [0.2, 0.25) is 0 Å². The summed E-state index contributed by atoms with van der Waals surface area (Å²) < 4.78 is 8.30. The van der Waals surface area contributed by atoms with Crippen molar-refractivity contribution in [3.05, 3.63) is 92.3 Å². The molecule has 29 heavy (non-hydrogen) atoms. The molecule has 1 heterocycles. The van der Waals surface area contributed by atoms with Crippen molar-refractivity contribution in [3.8, 4) is 23.6 Å². The minimum Gasteiger partial charge on any atom is -0.456 e. The van der Waals surface area contributed by atoms with Gasteiger partial charge in [-0.2, -0.15) is 10.5 Å². The fraction of sp³-hybridized carbons (Fsp3) is 0.0455. The number of halogens is 1. The first kappa shape index (κ1) is 18.5. The van der Waals surface area contributed by atoms with E-state index in [4.69, 9.17) is 15.3 Å². The fourth-order valence-electron chi connectivity index (χ4n) is 3.08. The number of aromatic nitrogens is 2. The molecule has 0 aliphatic heterocycles. The number of rotatable bonds is 4. The Hall–Kier alpha value is -3.81. The Morgan fingerprint density at radius 1 is 1.00 bits per heavy atom. The Balaban J connectivity index is 1.68. The van der Waals surface area contributed by atoms with Crippen LogP contribution in [0.1, 0.15) is 16.7 Å². The van der Waals surface area contributed by atoms with Crippen LogP contribution in [0.4, 0.5) is 0 Å². The van der Waals surface area contributed by atoms with E-state index in [2.05, 4.69) is 20.9 Å². The monoisotopic (exact) mass is 444 g/mol. The van der Waals surface area contributed by atoms with Crippen LogP contribution in [-0.2, 0) is 6.54 Å². The topological polar surface area (TPSA) is 94.6 Å². The average Bonchev–Trinajstić information content (AvgIpc) is 3.05. The molecule has 4 aromatic rings. The van der Waals surface area contributed by atoms with Crippen molar-refractivity contribution in [2.75, 3.05) is 0 Å². The predicted octanol–water partition coefficient (Wildman–Crippen LogP) is 4.68. The number of hydrogen-bond donors (Lipinski definition) is 1. The zero-order chi connectivity index (χ0) is 20.4. The molecule has 0 unspecified atom stereocenters. The molecule has 0 radical (unpaired) electrons. The van der Waals surface area contributed by atoms with Gasteiger partial charge in [-0.3, -0.25) is 4.57 Å². The van der Waals surface area contributed by atoms with Crippen LogP contribution in [0.3, 0.4) is 0 Å². The Labute approximate surface area is 174 Å². The van der Waals surface area contributed by atoms with E-state index in [-0.39, 0.29) is 5.69 Å². The van der Waals surface area contributed by atoms with Crippen molar-refractivity contribution in [2.24, 2.45) is 0 Å². The number of H-pyrrole nitrogens is 1. The predicted molar refractivity (Wildman–Crippen MR) is 112 cm³/mol. The molecule has 1 N–H and O–H groups in total. The van der Waals surface area contributed by atoms with E-state index < -0.39 is 0 Å². The Morgan fingerprint density at radius 2 is 1.72 bits per heavy atom. The summed E-state index contributed by atoms with van der Waals surface area (Å²) in [5.41, 5.74) is 2.98. The summed E-state index contributed by atoms with van der Waals surface area (Å²) in [7, 11) is 0. The second kappa shape index (κ2) is 7.67. The molecule has 0 spiro atoms. The van der Waals surface area contributed by atoms with Gasteiger partial charge >= 0.3 is 5.69 Å². The number of nitrogens with one attached hydrogen (secondary N) is 1. The Bertz CT molecular complexity index is 1340. The summed E-state index contributed by atoms with van der Waals surface area (Å²) in [5, 5.41) is 18.3. The molecular formula is C22H13BrN4O2. The smallest absolute Gasteiger partial charge is 0.326 e. The highest BCUT2D eigenvalue weighted by Gasteiger charge is 2.10. The molecule has 0 aliphatic carbocycles. The van der Waals surface area contributed by atoms with Crippen LogP contribution >= 0.6 is 15.9 Å². The molecule has 0 bridgehead atoms. The number of ether oxygens (including phenoxy) is 1. The lowest BCUT2D eigenvalue weighted by molar-refractivity contribution is 0.478. The highest BCUT2D eigenvalue weighted by atomic mass is 79.9. The van der Waals surface area contributed by atoms with E-state index in [0.29, 0.717) is 33.6 Å². The summed E-state index contributed by atoms with van der Waals surface area (Å²) in [4.78, 5) is 15.2. The highest BCUT2D eigenvalue weighted by Crippen LogP contribution is 2.32.